The van der Waals surface area contributed by atoms with Gasteiger partial charge in [0.2, 0.25) is 0 Å². The van der Waals surface area contributed by atoms with E-state index in [1.807, 2.05) is 37.3 Å². The number of phenols is 1. The number of phenolic OH excluding ortho intramolecular Hbond substituents is 1. The molecule has 0 fully saturated rings. The molecule has 0 bridgehead atoms. The first-order chi connectivity index (χ1) is 16.5. The molecule has 0 radical (unpaired) electrons. The number of thioether (sulfide) groups is 1. The van der Waals surface area contributed by atoms with Crippen molar-refractivity contribution in [1.29, 1.82) is 0 Å². The van der Waals surface area contributed by atoms with Gasteiger partial charge in [-0.3, -0.25) is 14.2 Å². The number of para-hydroxylation sites is 2. The molecule has 0 saturated carbocycles. The Bertz CT molecular complexity index is 1410. The van der Waals surface area contributed by atoms with Gasteiger partial charge in [-0.2, -0.15) is 5.10 Å². The van der Waals surface area contributed by atoms with Gasteiger partial charge in [0.25, 0.3) is 11.5 Å². The number of hydrazone groups is 1. The van der Waals surface area contributed by atoms with Crippen LogP contribution in [0, 0.1) is 6.92 Å². The first-order valence-corrected chi connectivity index (χ1v) is 12.6. The second kappa shape index (κ2) is 10.7. The molecule has 174 valence electrons. The summed E-state index contributed by atoms with van der Waals surface area (Å²) in [4.78, 5) is 32.6. The number of hydrogen-bond donors (Lipinski definition) is 2. The molecule has 9 heteroatoms. The van der Waals surface area contributed by atoms with Crippen LogP contribution in [0.1, 0.15) is 29.3 Å². The van der Waals surface area contributed by atoms with E-state index in [4.69, 9.17) is 4.98 Å². The maximum atomic E-state index is 13.6. The molecule has 0 saturated heterocycles. The lowest BCUT2D eigenvalue weighted by Crippen LogP contribution is -2.24. The number of carbonyl (C=O) groups is 1. The summed E-state index contributed by atoms with van der Waals surface area (Å²) in [5.41, 5.74) is 4.50. The third-order valence-electron chi connectivity index (χ3n) is 5.19. The van der Waals surface area contributed by atoms with Crippen molar-refractivity contribution in [2.45, 2.75) is 31.8 Å². The van der Waals surface area contributed by atoms with E-state index < -0.39 is 0 Å². The Hall–Kier alpha value is -3.43. The van der Waals surface area contributed by atoms with E-state index in [-0.39, 0.29) is 23.0 Å². The molecule has 2 heterocycles. The Kier molecular flexibility index (Phi) is 7.44. The number of nitrogens with zero attached hydrogens (tertiary/aromatic N) is 3. The molecule has 2 aromatic carbocycles. The molecule has 1 amide bonds. The molecule has 7 nitrogen and oxygen atoms in total. The predicted molar refractivity (Wildman–Crippen MR) is 139 cm³/mol. The second-order valence-corrected chi connectivity index (χ2v) is 9.62. The van der Waals surface area contributed by atoms with E-state index in [1.54, 1.807) is 40.2 Å². The van der Waals surface area contributed by atoms with E-state index in [9.17, 15) is 14.7 Å². The Morgan fingerprint density at radius 3 is 2.68 bits per heavy atom. The van der Waals surface area contributed by atoms with Crippen LogP contribution in [-0.2, 0) is 11.2 Å². The van der Waals surface area contributed by atoms with Gasteiger partial charge in [-0.05, 0) is 43.2 Å². The second-order valence-electron chi connectivity index (χ2n) is 7.59. The van der Waals surface area contributed by atoms with Crippen LogP contribution in [0.15, 0.2) is 69.6 Å². The van der Waals surface area contributed by atoms with Crippen molar-refractivity contribution in [2.24, 2.45) is 5.10 Å². The zero-order valence-corrected chi connectivity index (χ0v) is 20.4. The van der Waals surface area contributed by atoms with Gasteiger partial charge in [0.05, 0.1) is 23.0 Å². The fourth-order valence-corrected chi connectivity index (χ4v) is 5.64. The van der Waals surface area contributed by atoms with Gasteiger partial charge < -0.3 is 5.11 Å². The number of hydrogen-bond acceptors (Lipinski definition) is 7. The van der Waals surface area contributed by atoms with Gasteiger partial charge in [-0.15, -0.1) is 11.3 Å². The van der Waals surface area contributed by atoms with Crippen molar-refractivity contribution in [3.63, 3.8) is 0 Å². The van der Waals surface area contributed by atoms with E-state index >= 15 is 0 Å². The summed E-state index contributed by atoms with van der Waals surface area (Å²) in [5.74, 6) is -0.248. The smallest absolute Gasteiger partial charge is 0.267 e. The van der Waals surface area contributed by atoms with Crippen molar-refractivity contribution in [2.75, 3.05) is 5.75 Å². The van der Waals surface area contributed by atoms with Gasteiger partial charge in [0, 0.05) is 10.4 Å². The minimum atomic E-state index is -0.348. The van der Waals surface area contributed by atoms with E-state index in [0.29, 0.717) is 26.6 Å². The monoisotopic (exact) mass is 492 g/mol. The summed E-state index contributed by atoms with van der Waals surface area (Å²) < 4.78 is 1.57. The number of amides is 1. The molecule has 4 aromatic rings. The molecule has 2 N–H and O–H groups in total. The van der Waals surface area contributed by atoms with Crippen LogP contribution in [0.4, 0.5) is 0 Å². The van der Waals surface area contributed by atoms with Crippen LogP contribution < -0.4 is 11.0 Å². The molecule has 0 unspecified atom stereocenters. The van der Waals surface area contributed by atoms with Gasteiger partial charge in [-0.25, -0.2) is 10.4 Å². The minimum absolute atomic E-state index is 0.0229. The number of carbonyl (C=O) groups excluding carboxylic acids is 1. The maximum Gasteiger partial charge on any atom is 0.267 e. The average Bonchev–Trinajstić information content (AvgIpc) is 3.15. The van der Waals surface area contributed by atoms with Crippen LogP contribution >= 0.6 is 23.1 Å². The highest BCUT2D eigenvalue weighted by Crippen LogP contribution is 2.31. The van der Waals surface area contributed by atoms with E-state index in [1.165, 1.54) is 22.9 Å². The minimum Gasteiger partial charge on any atom is -0.507 e. The number of benzene rings is 2. The summed E-state index contributed by atoms with van der Waals surface area (Å²) in [6, 6.07) is 16.0. The molecular formula is C25H24N4O3S2. The summed E-state index contributed by atoms with van der Waals surface area (Å²) in [6.45, 7) is 4.09. The molecule has 34 heavy (non-hydrogen) atoms. The number of fused-ring (bicyclic) bond motifs is 1. The summed E-state index contributed by atoms with van der Waals surface area (Å²) in [5, 5.41) is 14.8. The Morgan fingerprint density at radius 1 is 1.21 bits per heavy atom. The number of aryl methyl sites for hydroxylation is 2. The van der Waals surface area contributed by atoms with E-state index in [2.05, 4.69) is 17.5 Å². The maximum absolute atomic E-state index is 13.6. The number of rotatable bonds is 8. The van der Waals surface area contributed by atoms with Gasteiger partial charge >= 0.3 is 0 Å². The lowest BCUT2D eigenvalue weighted by molar-refractivity contribution is -0.118. The highest BCUT2D eigenvalue weighted by Gasteiger charge is 2.19. The number of aromatic nitrogens is 2. The Labute approximate surface area is 205 Å². The van der Waals surface area contributed by atoms with Crippen molar-refractivity contribution >= 4 is 45.4 Å². The average molecular weight is 493 g/mol. The molecule has 0 aliphatic carbocycles. The van der Waals surface area contributed by atoms with Crippen molar-refractivity contribution < 1.29 is 9.90 Å². The van der Waals surface area contributed by atoms with Crippen LogP contribution in [0.2, 0.25) is 0 Å². The molecule has 2 aromatic heterocycles. The SMILES string of the molecule is CCCc1sc2nc(SCC(=O)N/N=C/c3ccccc3O)n(-c3ccccc3)c(=O)c2c1C. The van der Waals surface area contributed by atoms with Crippen LogP contribution in [0.5, 0.6) is 5.75 Å². The van der Waals surface area contributed by atoms with Crippen molar-refractivity contribution in [1.82, 2.24) is 15.0 Å². The van der Waals surface area contributed by atoms with E-state index in [0.717, 1.165) is 18.4 Å². The molecule has 0 aliphatic rings. The fraction of sp³-hybridized carbons (Fsp3) is 0.200. The van der Waals surface area contributed by atoms with Crippen LogP contribution in [-0.4, -0.2) is 32.5 Å². The van der Waals surface area contributed by atoms with Crippen molar-refractivity contribution in [3.8, 4) is 11.4 Å². The Morgan fingerprint density at radius 2 is 1.94 bits per heavy atom. The molecule has 0 spiro atoms. The predicted octanol–water partition coefficient (Wildman–Crippen LogP) is 4.66. The normalized spacial score (nSPS) is 11.4. The largest absolute Gasteiger partial charge is 0.507 e. The van der Waals surface area contributed by atoms with Crippen molar-refractivity contribution in [3.05, 3.63) is 81.0 Å². The first-order valence-electron chi connectivity index (χ1n) is 10.8. The van der Waals surface area contributed by atoms with Crippen LogP contribution in [0.25, 0.3) is 15.9 Å². The quantitative estimate of drug-likeness (QED) is 0.161. The standard InChI is InChI=1S/C25H24N4O3S2/c1-3-9-20-16(2)22-23(34-20)27-25(29(24(22)32)18-11-5-4-6-12-18)33-15-21(31)28-26-14-17-10-7-8-13-19(17)30/h4-8,10-14,30H,3,9,15H2,1-2H3,(H,28,31)/b26-14+. The molecule has 4 rings (SSSR count). The zero-order chi connectivity index (χ0) is 24.1. The highest BCUT2D eigenvalue weighted by molar-refractivity contribution is 7.99. The lowest BCUT2D eigenvalue weighted by Gasteiger charge is -2.12. The number of thiophene rings is 1. The molecule has 0 atom stereocenters. The number of aromatic hydroxyl groups is 1. The van der Waals surface area contributed by atoms with Gasteiger partial charge in [0.15, 0.2) is 5.16 Å². The topological polar surface area (TPSA) is 96.6 Å². The Balaban J connectivity index is 1.61. The summed E-state index contributed by atoms with van der Waals surface area (Å²) in [7, 11) is 0. The molecule has 0 aliphatic heterocycles. The fourth-order valence-electron chi connectivity index (χ4n) is 3.51. The van der Waals surface area contributed by atoms with Gasteiger partial charge in [-0.1, -0.05) is 55.4 Å². The summed E-state index contributed by atoms with van der Waals surface area (Å²) in [6.07, 6.45) is 3.27. The summed E-state index contributed by atoms with van der Waals surface area (Å²) >= 11 is 2.72. The first kappa shape index (κ1) is 23.7. The number of nitrogens with one attached hydrogen (secondary N) is 1. The zero-order valence-electron chi connectivity index (χ0n) is 18.8. The van der Waals surface area contributed by atoms with Crippen LogP contribution in [0.3, 0.4) is 0 Å². The third-order valence-corrected chi connectivity index (χ3v) is 7.37. The lowest BCUT2D eigenvalue weighted by atomic mass is 10.1. The van der Waals surface area contributed by atoms with Gasteiger partial charge in [0.1, 0.15) is 10.6 Å². The third kappa shape index (κ3) is 5.05. The highest BCUT2D eigenvalue weighted by atomic mass is 32.2. The molecular weight excluding hydrogens is 468 g/mol.